The van der Waals surface area contributed by atoms with Crippen molar-refractivity contribution in [3.8, 4) is 0 Å². The molecule has 0 aromatic carbocycles. The van der Waals surface area contributed by atoms with Crippen molar-refractivity contribution >= 4 is 0 Å². The van der Waals surface area contributed by atoms with E-state index < -0.39 is 0 Å². The van der Waals surface area contributed by atoms with E-state index in [9.17, 15) is 0 Å². The van der Waals surface area contributed by atoms with Crippen LogP contribution in [0.1, 0.15) is 26.1 Å². The van der Waals surface area contributed by atoms with Crippen LogP contribution < -0.4 is 5.73 Å². The Bertz CT molecular complexity index is 264. The number of nitrogens with zero attached hydrogens (tertiary/aromatic N) is 3. The minimum Gasteiger partial charge on any atom is -0.330 e. The highest BCUT2D eigenvalue weighted by molar-refractivity contribution is 4.89. The Morgan fingerprint density at radius 2 is 2.23 bits per heavy atom. The lowest BCUT2D eigenvalue weighted by molar-refractivity contribution is 0.326. The molecular weight excluding hydrogens is 164 g/mol. The van der Waals surface area contributed by atoms with Crippen molar-refractivity contribution < 1.29 is 0 Å². The van der Waals surface area contributed by atoms with Gasteiger partial charge in [-0.1, -0.05) is 13.8 Å². The molecule has 1 heterocycles. The van der Waals surface area contributed by atoms with Gasteiger partial charge in [-0.05, 0) is 18.4 Å². The monoisotopic (exact) mass is 182 g/mol. The van der Waals surface area contributed by atoms with Crippen molar-refractivity contribution in [1.82, 2.24) is 14.8 Å². The first-order chi connectivity index (χ1) is 6.05. The predicted octanol–water partition coefficient (Wildman–Crippen LogP) is 0.733. The normalized spacial score (nSPS) is 12.0. The third kappa shape index (κ3) is 2.81. The van der Waals surface area contributed by atoms with Gasteiger partial charge in [0, 0.05) is 13.5 Å². The van der Waals surface area contributed by atoms with Crippen LogP contribution in [0.5, 0.6) is 0 Å². The smallest absolute Gasteiger partial charge is 0.138 e. The molecular formula is C9H18N4. The average Bonchev–Trinajstić information content (AvgIpc) is 2.35. The van der Waals surface area contributed by atoms with E-state index in [0.29, 0.717) is 0 Å². The van der Waals surface area contributed by atoms with E-state index in [1.165, 1.54) is 0 Å². The standard InChI is InChI=1S/C9H18N4/c1-9(2,4-5-10)6-8-11-7-12-13(8)3/h7H,4-6,10H2,1-3H3. The molecule has 4 heteroatoms. The summed E-state index contributed by atoms with van der Waals surface area (Å²) < 4.78 is 1.82. The topological polar surface area (TPSA) is 56.7 Å². The number of nitrogens with two attached hydrogens (primary N) is 1. The maximum atomic E-state index is 5.54. The second-order valence-electron chi connectivity index (χ2n) is 4.18. The summed E-state index contributed by atoms with van der Waals surface area (Å²) in [6, 6.07) is 0. The van der Waals surface area contributed by atoms with E-state index in [1.807, 2.05) is 11.7 Å². The molecule has 2 N–H and O–H groups in total. The molecule has 0 saturated heterocycles. The van der Waals surface area contributed by atoms with Gasteiger partial charge in [-0.2, -0.15) is 5.10 Å². The zero-order valence-electron chi connectivity index (χ0n) is 8.62. The second-order valence-corrected chi connectivity index (χ2v) is 4.18. The van der Waals surface area contributed by atoms with Crippen LogP contribution in [0.3, 0.4) is 0 Å². The van der Waals surface area contributed by atoms with Crippen molar-refractivity contribution in [1.29, 1.82) is 0 Å². The Labute approximate surface area is 79.2 Å². The minimum absolute atomic E-state index is 0.218. The SMILES string of the molecule is Cn1ncnc1CC(C)(C)CCN. The number of rotatable bonds is 4. The molecule has 0 amide bonds. The fourth-order valence-corrected chi connectivity index (χ4v) is 1.39. The van der Waals surface area contributed by atoms with Gasteiger partial charge in [0.15, 0.2) is 0 Å². The summed E-state index contributed by atoms with van der Waals surface area (Å²) in [7, 11) is 1.92. The highest BCUT2D eigenvalue weighted by Crippen LogP contribution is 2.23. The van der Waals surface area contributed by atoms with E-state index in [2.05, 4.69) is 23.9 Å². The quantitative estimate of drug-likeness (QED) is 0.747. The van der Waals surface area contributed by atoms with Gasteiger partial charge in [0.25, 0.3) is 0 Å². The summed E-state index contributed by atoms with van der Waals surface area (Å²) in [5.74, 6) is 1.03. The lowest BCUT2D eigenvalue weighted by atomic mass is 9.85. The van der Waals surface area contributed by atoms with Gasteiger partial charge in [-0.25, -0.2) is 4.98 Å². The molecule has 74 valence electrons. The molecule has 0 spiro atoms. The summed E-state index contributed by atoms with van der Waals surface area (Å²) in [6.45, 7) is 5.13. The Morgan fingerprint density at radius 1 is 1.54 bits per heavy atom. The fraction of sp³-hybridized carbons (Fsp3) is 0.778. The van der Waals surface area contributed by atoms with Gasteiger partial charge in [-0.3, -0.25) is 4.68 Å². The third-order valence-corrected chi connectivity index (χ3v) is 2.26. The van der Waals surface area contributed by atoms with E-state index in [-0.39, 0.29) is 5.41 Å². The van der Waals surface area contributed by atoms with Crippen LogP contribution in [0.25, 0.3) is 0 Å². The third-order valence-electron chi connectivity index (χ3n) is 2.26. The minimum atomic E-state index is 0.218. The Balaban J connectivity index is 2.63. The van der Waals surface area contributed by atoms with Crippen LogP contribution in [-0.2, 0) is 13.5 Å². The van der Waals surface area contributed by atoms with Crippen LogP contribution in [-0.4, -0.2) is 21.3 Å². The largest absolute Gasteiger partial charge is 0.330 e. The zero-order valence-corrected chi connectivity index (χ0v) is 8.62. The van der Waals surface area contributed by atoms with Crippen molar-refractivity contribution in [3.05, 3.63) is 12.2 Å². The molecule has 4 nitrogen and oxygen atoms in total. The first-order valence-electron chi connectivity index (χ1n) is 4.58. The molecule has 0 radical (unpaired) electrons. The molecule has 0 aliphatic heterocycles. The number of hydrogen-bond donors (Lipinski definition) is 1. The van der Waals surface area contributed by atoms with Gasteiger partial charge in [0.1, 0.15) is 12.2 Å². The first-order valence-corrected chi connectivity index (χ1v) is 4.58. The van der Waals surface area contributed by atoms with Crippen molar-refractivity contribution in [2.45, 2.75) is 26.7 Å². The van der Waals surface area contributed by atoms with Crippen molar-refractivity contribution in [2.75, 3.05) is 6.54 Å². The lowest BCUT2D eigenvalue weighted by Crippen LogP contribution is -2.21. The van der Waals surface area contributed by atoms with Crippen molar-refractivity contribution in [2.24, 2.45) is 18.2 Å². The zero-order chi connectivity index (χ0) is 9.90. The molecule has 0 fully saturated rings. The molecule has 1 aromatic rings. The number of hydrogen-bond acceptors (Lipinski definition) is 3. The molecule has 13 heavy (non-hydrogen) atoms. The highest BCUT2D eigenvalue weighted by Gasteiger charge is 2.19. The lowest BCUT2D eigenvalue weighted by Gasteiger charge is -2.22. The van der Waals surface area contributed by atoms with Gasteiger partial charge in [-0.15, -0.1) is 0 Å². The summed E-state index contributed by atoms with van der Waals surface area (Å²) in [5, 5.41) is 4.04. The highest BCUT2D eigenvalue weighted by atomic mass is 15.3. The maximum Gasteiger partial charge on any atom is 0.138 e. The Morgan fingerprint density at radius 3 is 2.69 bits per heavy atom. The Hall–Kier alpha value is -0.900. The predicted molar refractivity (Wildman–Crippen MR) is 52.2 cm³/mol. The number of aromatic nitrogens is 3. The molecule has 0 unspecified atom stereocenters. The van der Waals surface area contributed by atoms with E-state index in [1.54, 1.807) is 6.33 Å². The summed E-state index contributed by atoms with van der Waals surface area (Å²) in [6.07, 6.45) is 3.54. The van der Waals surface area contributed by atoms with E-state index >= 15 is 0 Å². The van der Waals surface area contributed by atoms with Crippen LogP contribution >= 0.6 is 0 Å². The first kappa shape index (κ1) is 10.2. The molecule has 1 rings (SSSR count). The van der Waals surface area contributed by atoms with Gasteiger partial charge < -0.3 is 5.73 Å². The van der Waals surface area contributed by atoms with Gasteiger partial charge in [0.05, 0.1) is 0 Å². The maximum absolute atomic E-state index is 5.54. The molecule has 0 aliphatic rings. The van der Waals surface area contributed by atoms with Gasteiger partial charge in [0.2, 0.25) is 0 Å². The fourth-order valence-electron chi connectivity index (χ4n) is 1.39. The molecule has 0 saturated carbocycles. The molecule has 1 aromatic heterocycles. The van der Waals surface area contributed by atoms with Crippen molar-refractivity contribution in [3.63, 3.8) is 0 Å². The summed E-state index contributed by atoms with van der Waals surface area (Å²) in [5.41, 5.74) is 5.76. The van der Waals surface area contributed by atoms with Gasteiger partial charge >= 0.3 is 0 Å². The summed E-state index contributed by atoms with van der Waals surface area (Å²) >= 11 is 0. The molecule has 0 bridgehead atoms. The Kier molecular flexibility index (Phi) is 3.03. The van der Waals surface area contributed by atoms with E-state index in [0.717, 1.165) is 25.2 Å². The van der Waals surface area contributed by atoms with Crippen LogP contribution in [0.15, 0.2) is 6.33 Å². The molecule has 0 aliphatic carbocycles. The van der Waals surface area contributed by atoms with E-state index in [4.69, 9.17) is 5.73 Å². The summed E-state index contributed by atoms with van der Waals surface area (Å²) in [4.78, 5) is 4.19. The average molecular weight is 182 g/mol. The van der Waals surface area contributed by atoms with Crippen LogP contribution in [0.2, 0.25) is 0 Å². The van der Waals surface area contributed by atoms with Crippen LogP contribution in [0.4, 0.5) is 0 Å². The number of aryl methyl sites for hydroxylation is 1. The molecule has 0 atom stereocenters. The second kappa shape index (κ2) is 3.87. The van der Waals surface area contributed by atoms with Crippen LogP contribution in [0, 0.1) is 5.41 Å².